The molecule has 0 bridgehead atoms. The number of halogens is 1. The van der Waals surface area contributed by atoms with Gasteiger partial charge in [-0.05, 0) is 36.7 Å². The number of benzene rings is 2. The largest absolute Gasteiger partial charge is 0.496 e. The second kappa shape index (κ2) is 11.4. The van der Waals surface area contributed by atoms with Gasteiger partial charge in [0, 0.05) is 18.2 Å². The van der Waals surface area contributed by atoms with Gasteiger partial charge in [-0.2, -0.15) is 0 Å². The highest BCUT2D eigenvalue weighted by Crippen LogP contribution is 2.34. The Hall–Kier alpha value is -2.31. The number of methoxy groups -OCH3 is 5. The van der Waals surface area contributed by atoms with Crippen LogP contribution in [0.3, 0.4) is 0 Å². The number of rotatable bonds is 10. The molecular formula is C20H28ClNO5. The van der Waals surface area contributed by atoms with E-state index < -0.39 is 0 Å². The second-order valence-corrected chi connectivity index (χ2v) is 5.64. The molecule has 0 saturated heterocycles. The Kier molecular flexibility index (Phi) is 9.61. The molecule has 6 nitrogen and oxygen atoms in total. The lowest BCUT2D eigenvalue weighted by Gasteiger charge is -2.15. The molecule has 0 radical (unpaired) electrons. The van der Waals surface area contributed by atoms with Gasteiger partial charge >= 0.3 is 0 Å². The Morgan fingerprint density at radius 1 is 0.667 bits per heavy atom. The monoisotopic (exact) mass is 397 g/mol. The van der Waals surface area contributed by atoms with Crippen LogP contribution < -0.4 is 29.0 Å². The first kappa shape index (κ1) is 22.7. The molecule has 150 valence electrons. The molecule has 0 aliphatic rings. The van der Waals surface area contributed by atoms with Crippen molar-refractivity contribution in [3.63, 3.8) is 0 Å². The first-order valence-electron chi connectivity index (χ1n) is 8.37. The van der Waals surface area contributed by atoms with E-state index in [4.69, 9.17) is 23.7 Å². The maximum absolute atomic E-state index is 5.45. The summed E-state index contributed by atoms with van der Waals surface area (Å²) in [5, 5.41) is 3.43. The quantitative estimate of drug-likeness (QED) is 0.619. The molecule has 7 heteroatoms. The summed E-state index contributed by atoms with van der Waals surface area (Å²) in [5.41, 5.74) is 2.19. The summed E-state index contributed by atoms with van der Waals surface area (Å²) >= 11 is 0. The highest BCUT2D eigenvalue weighted by atomic mass is 35.5. The van der Waals surface area contributed by atoms with Crippen molar-refractivity contribution in [2.45, 2.75) is 13.0 Å². The van der Waals surface area contributed by atoms with E-state index in [1.807, 2.05) is 30.3 Å². The number of hydrogen-bond donors (Lipinski definition) is 1. The van der Waals surface area contributed by atoms with E-state index in [-0.39, 0.29) is 12.4 Å². The van der Waals surface area contributed by atoms with E-state index in [1.165, 1.54) is 5.56 Å². The number of ether oxygens (including phenoxy) is 5. The fourth-order valence-corrected chi connectivity index (χ4v) is 2.72. The van der Waals surface area contributed by atoms with Gasteiger partial charge in [0.1, 0.15) is 5.75 Å². The molecule has 27 heavy (non-hydrogen) atoms. The average Bonchev–Trinajstić information content (AvgIpc) is 2.70. The first-order chi connectivity index (χ1) is 12.7. The van der Waals surface area contributed by atoms with Gasteiger partial charge in [0.2, 0.25) is 0 Å². The van der Waals surface area contributed by atoms with Gasteiger partial charge in [-0.1, -0.05) is 6.07 Å². The van der Waals surface area contributed by atoms with Gasteiger partial charge in [0.05, 0.1) is 35.5 Å². The first-order valence-corrected chi connectivity index (χ1v) is 8.37. The summed E-state index contributed by atoms with van der Waals surface area (Å²) in [6, 6.07) is 9.73. The Bertz CT molecular complexity index is 724. The van der Waals surface area contributed by atoms with Crippen LogP contribution in [0.5, 0.6) is 28.7 Å². The SMILES string of the molecule is COc1cc(OC)c(OC)cc1CNCCc1ccc(OC)c(OC)c1.Cl. The van der Waals surface area contributed by atoms with E-state index in [9.17, 15) is 0 Å². The van der Waals surface area contributed by atoms with Crippen LogP contribution in [0.2, 0.25) is 0 Å². The standard InChI is InChI=1S/C20H27NO5.ClH/c1-22-16-7-6-14(10-18(16)24-3)8-9-21-13-15-11-19(25-4)20(26-5)12-17(15)23-2;/h6-7,10-12,21H,8-9,13H2,1-5H3;1H. The molecular weight excluding hydrogens is 370 g/mol. The lowest BCUT2D eigenvalue weighted by molar-refractivity contribution is 0.347. The van der Waals surface area contributed by atoms with Crippen LogP contribution in [-0.4, -0.2) is 42.1 Å². The molecule has 0 atom stereocenters. The van der Waals surface area contributed by atoms with Crippen molar-refractivity contribution >= 4 is 12.4 Å². The van der Waals surface area contributed by atoms with Crippen molar-refractivity contribution in [1.82, 2.24) is 5.32 Å². The van der Waals surface area contributed by atoms with Crippen molar-refractivity contribution in [3.05, 3.63) is 41.5 Å². The van der Waals surface area contributed by atoms with Crippen LogP contribution in [-0.2, 0) is 13.0 Å². The molecule has 0 heterocycles. The van der Waals surface area contributed by atoms with Crippen LogP contribution in [0.15, 0.2) is 30.3 Å². The van der Waals surface area contributed by atoms with E-state index in [0.29, 0.717) is 18.0 Å². The molecule has 0 unspecified atom stereocenters. The lowest BCUT2D eigenvalue weighted by atomic mass is 10.1. The van der Waals surface area contributed by atoms with Crippen LogP contribution in [0.4, 0.5) is 0 Å². The summed E-state index contributed by atoms with van der Waals surface area (Å²) in [5.74, 6) is 3.58. The summed E-state index contributed by atoms with van der Waals surface area (Å²) in [7, 11) is 8.16. The molecule has 1 N–H and O–H groups in total. The van der Waals surface area contributed by atoms with Crippen molar-refractivity contribution in [2.24, 2.45) is 0 Å². The Morgan fingerprint density at radius 2 is 1.22 bits per heavy atom. The molecule has 0 saturated carbocycles. The predicted molar refractivity (Wildman–Crippen MR) is 108 cm³/mol. The lowest BCUT2D eigenvalue weighted by Crippen LogP contribution is -2.17. The molecule has 2 aromatic carbocycles. The van der Waals surface area contributed by atoms with Crippen molar-refractivity contribution in [2.75, 3.05) is 42.1 Å². The van der Waals surface area contributed by atoms with Crippen molar-refractivity contribution < 1.29 is 23.7 Å². The van der Waals surface area contributed by atoms with Gasteiger partial charge in [0.25, 0.3) is 0 Å². The van der Waals surface area contributed by atoms with Crippen molar-refractivity contribution in [3.8, 4) is 28.7 Å². The topological polar surface area (TPSA) is 58.2 Å². The Labute approximate surface area is 167 Å². The summed E-state index contributed by atoms with van der Waals surface area (Å²) in [4.78, 5) is 0. The van der Waals surface area contributed by atoms with Gasteiger partial charge in [-0.25, -0.2) is 0 Å². The molecule has 0 amide bonds. The summed E-state index contributed by atoms with van der Waals surface area (Å²) < 4.78 is 26.7. The third-order valence-electron chi connectivity index (χ3n) is 4.14. The summed E-state index contributed by atoms with van der Waals surface area (Å²) in [6.07, 6.45) is 0.871. The Morgan fingerprint density at radius 3 is 1.81 bits per heavy atom. The minimum atomic E-state index is 0. The minimum absolute atomic E-state index is 0. The summed E-state index contributed by atoms with van der Waals surface area (Å²) in [6.45, 7) is 1.48. The molecule has 0 spiro atoms. The average molecular weight is 398 g/mol. The van der Waals surface area contributed by atoms with E-state index >= 15 is 0 Å². The zero-order valence-electron chi connectivity index (χ0n) is 16.5. The second-order valence-electron chi connectivity index (χ2n) is 5.64. The van der Waals surface area contributed by atoms with Crippen LogP contribution >= 0.6 is 12.4 Å². The fourth-order valence-electron chi connectivity index (χ4n) is 2.72. The zero-order valence-corrected chi connectivity index (χ0v) is 17.3. The normalized spacial score (nSPS) is 9.96. The van der Waals surface area contributed by atoms with Gasteiger partial charge in [-0.15, -0.1) is 12.4 Å². The minimum Gasteiger partial charge on any atom is -0.496 e. The Balaban J connectivity index is 0.00000364. The highest BCUT2D eigenvalue weighted by molar-refractivity contribution is 5.85. The number of nitrogens with one attached hydrogen (secondary N) is 1. The highest BCUT2D eigenvalue weighted by Gasteiger charge is 2.11. The molecule has 0 aliphatic heterocycles. The van der Waals surface area contributed by atoms with Gasteiger partial charge < -0.3 is 29.0 Å². The smallest absolute Gasteiger partial charge is 0.164 e. The third-order valence-corrected chi connectivity index (χ3v) is 4.14. The predicted octanol–water partition coefficient (Wildman–Crippen LogP) is 3.48. The number of hydrogen-bond acceptors (Lipinski definition) is 6. The van der Waals surface area contributed by atoms with Crippen LogP contribution in [0, 0.1) is 0 Å². The van der Waals surface area contributed by atoms with E-state index in [1.54, 1.807) is 35.5 Å². The van der Waals surface area contributed by atoms with Gasteiger partial charge in [-0.3, -0.25) is 0 Å². The molecule has 0 aliphatic carbocycles. The van der Waals surface area contributed by atoms with E-state index in [2.05, 4.69) is 5.32 Å². The fraction of sp³-hybridized carbons (Fsp3) is 0.400. The molecule has 0 fully saturated rings. The van der Waals surface area contributed by atoms with Crippen LogP contribution in [0.25, 0.3) is 0 Å². The zero-order chi connectivity index (χ0) is 18.9. The molecule has 2 rings (SSSR count). The third kappa shape index (κ3) is 5.84. The van der Waals surface area contributed by atoms with E-state index in [0.717, 1.165) is 35.8 Å². The maximum Gasteiger partial charge on any atom is 0.164 e. The van der Waals surface area contributed by atoms with Crippen molar-refractivity contribution in [1.29, 1.82) is 0 Å². The van der Waals surface area contributed by atoms with Gasteiger partial charge in [0.15, 0.2) is 23.0 Å². The molecule has 2 aromatic rings. The molecule has 0 aromatic heterocycles. The van der Waals surface area contributed by atoms with Crippen LogP contribution in [0.1, 0.15) is 11.1 Å². The maximum atomic E-state index is 5.45.